The maximum Gasteiger partial charge on any atom is 0.136 e. The lowest BCUT2D eigenvalue weighted by molar-refractivity contribution is 1.09. The Hall–Kier alpha value is -1.31. The van der Waals surface area contributed by atoms with Gasteiger partial charge in [-0.05, 0) is 12.1 Å². The molecule has 0 saturated heterocycles. The molecule has 0 aliphatic heterocycles. The molecule has 78 valence electrons. The molecule has 2 aromatic rings. The molecule has 0 radical (unpaired) electrons. The van der Waals surface area contributed by atoms with E-state index in [0.717, 1.165) is 5.65 Å². The molecular weight excluding hydrogens is 172 g/mol. The van der Waals surface area contributed by atoms with E-state index in [-0.39, 0.29) is 0 Å². The molecule has 2 nitrogen and oxygen atoms in total. The van der Waals surface area contributed by atoms with Crippen molar-refractivity contribution in [2.45, 2.75) is 34.1 Å². The summed E-state index contributed by atoms with van der Waals surface area (Å²) < 4.78 is 1.97. The number of fused-ring (bicyclic) bond motifs is 1. The first-order valence-electron chi connectivity index (χ1n) is 5.26. The zero-order valence-corrected chi connectivity index (χ0v) is 9.57. The van der Waals surface area contributed by atoms with Gasteiger partial charge in [-0.25, -0.2) is 4.98 Å². The first-order chi connectivity index (χ1) is 6.88. The van der Waals surface area contributed by atoms with Crippen molar-refractivity contribution in [1.29, 1.82) is 0 Å². The van der Waals surface area contributed by atoms with Crippen molar-refractivity contribution < 1.29 is 0 Å². The Labute approximate surface area is 86.6 Å². The quantitative estimate of drug-likeness (QED) is 0.621. The Morgan fingerprint density at radius 3 is 2.36 bits per heavy atom. The number of aromatic nitrogens is 2. The fourth-order valence-electron chi connectivity index (χ4n) is 0.864. The van der Waals surface area contributed by atoms with Crippen molar-refractivity contribution in [2.24, 2.45) is 0 Å². The molecule has 2 heterocycles. The van der Waals surface area contributed by atoms with Crippen LogP contribution in [0.1, 0.15) is 34.1 Å². The summed E-state index contributed by atoms with van der Waals surface area (Å²) in [6.45, 7) is 8.25. The minimum atomic E-state index is 0.998. The van der Waals surface area contributed by atoms with Gasteiger partial charge in [-0.3, -0.25) is 0 Å². The lowest BCUT2D eigenvalue weighted by Crippen LogP contribution is -1.77. The standard InChI is InChI=1S/C7H6N2.C3H8.C2H6/c1-2-5-9-6-4-8-7(9)3-1;1-3-2;1-2/h1-6H;3H2,1-2H3;1-2H3. The van der Waals surface area contributed by atoms with Crippen molar-refractivity contribution in [3.05, 3.63) is 36.8 Å². The molecule has 0 atom stereocenters. The smallest absolute Gasteiger partial charge is 0.136 e. The van der Waals surface area contributed by atoms with E-state index in [1.165, 1.54) is 6.42 Å². The summed E-state index contributed by atoms with van der Waals surface area (Å²) in [7, 11) is 0. The largest absolute Gasteiger partial charge is 0.307 e. The van der Waals surface area contributed by atoms with Gasteiger partial charge in [-0.2, -0.15) is 0 Å². The van der Waals surface area contributed by atoms with E-state index in [0.29, 0.717) is 0 Å². The molecule has 0 aliphatic carbocycles. The first-order valence-corrected chi connectivity index (χ1v) is 5.26. The Morgan fingerprint density at radius 2 is 1.79 bits per heavy atom. The van der Waals surface area contributed by atoms with E-state index < -0.39 is 0 Å². The summed E-state index contributed by atoms with van der Waals surface area (Å²) in [6.07, 6.45) is 6.94. The normalized spacial score (nSPS) is 8.29. The topological polar surface area (TPSA) is 17.3 Å². The summed E-state index contributed by atoms with van der Waals surface area (Å²) >= 11 is 0. The SMILES string of the molecule is CC.CCC.c1ccn2ccnc2c1. The summed E-state index contributed by atoms with van der Waals surface area (Å²) in [5.41, 5.74) is 0.998. The van der Waals surface area contributed by atoms with Crippen LogP contribution < -0.4 is 0 Å². The van der Waals surface area contributed by atoms with Gasteiger partial charge >= 0.3 is 0 Å². The average Bonchev–Trinajstić information content (AvgIpc) is 2.69. The molecule has 0 N–H and O–H groups in total. The molecule has 14 heavy (non-hydrogen) atoms. The Kier molecular flexibility index (Phi) is 7.52. The average molecular weight is 192 g/mol. The van der Waals surface area contributed by atoms with Gasteiger partial charge < -0.3 is 4.40 Å². The highest BCUT2D eigenvalue weighted by atomic mass is 15.0. The highest BCUT2D eigenvalue weighted by molar-refractivity contribution is 5.36. The zero-order valence-electron chi connectivity index (χ0n) is 9.57. The summed E-state index contributed by atoms with van der Waals surface area (Å²) in [5.74, 6) is 0. The number of hydrogen-bond donors (Lipinski definition) is 0. The van der Waals surface area contributed by atoms with Gasteiger partial charge in [-0.15, -0.1) is 0 Å². The number of nitrogens with zero attached hydrogens (tertiary/aromatic N) is 2. The molecule has 0 aromatic carbocycles. The molecule has 2 rings (SSSR count). The van der Waals surface area contributed by atoms with Gasteiger partial charge in [0.15, 0.2) is 0 Å². The molecular formula is C12H20N2. The molecule has 0 bridgehead atoms. The minimum absolute atomic E-state index is 0.998. The highest BCUT2D eigenvalue weighted by Gasteiger charge is 1.85. The third kappa shape index (κ3) is 4.08. The van der Waals surface area contributed by atoms with E-state index in [1.54, 1.807) is 6.20 Å². The van der Waals surface area contributed by atoms with E-state index in [4.69, 9.17) is 0 Å². The van der Waals surface area contributed by atoms with E-state index >= 15 is 0 Å². The van der Waals surface area contributed by atoms with Crippen molar-refractivity contribution in [2.75, 3.05) is 0 Å². The lowest BCUT2D eigenvalue weighted by atomic mass is 10.5. The van der Waals surface area contributed by atoms with Crippen molar-refractivity contribution >= 4 is 5.65 Å². The molecule has 0 amide bonds. The van der Waals surface area contributed by atoms with Crippen LogP contribution in [0.4, 0.5) is 0 Å². The van der Waals surface area contributed by atoms with Crippen LogP contribution >= 0.6 is 0 Å². The van der Waals surface area contributed by atoms with Gasteiger partial charge in [0.1, 0.15) is 5.65 Å². The summed E-state index contributed by atoms with van der Waals surface area (Å²) in [5, 5.41) is 0. The van der Waals surface area contributed by atoms with Crippen LogP contribution in [0.25, 0.3) is 5.65 Å². The minimum Gasteiger partial charge on any atom is -0.307 e. The molecule has 0 aliphatic rings. The van der Waals surface area contributed by atoms with Crippen molar-refractivity contribution in [1.82, 2.24) is 9.38 Å². The van der Waals surface area contributed by atoms with Crippen LogP contribution in [0.15, 0.2) is 36.8 Å². The number of rotatable bonds is 0. The Balaban J connectivity index is 0.000000294. The molecule has 0 unspecified atom stereocenters. The fraction of sp³-hybridized carbons (Fsp3) is 0.417. The third-order valence-corrected chi connectivity index (χ3v) is 1.30. The number of imidazole rings is 1. The molecule has 0 fully saturated rings. The molecule has 0 spiro atoms. The third-order valence-electron chi connectivity index (χ3n) is 1.30. The second-order valence-corrected chi connectivity index (χ2v) is 2.60. The first kappa shape index (κ1) is 12.7. The zero-order chi connectivity index (χ0) is 10.8. The van der Waals surface area contributed by atoms with Gasteiger partial charge in [0, 0.05) is 18.6 Å². The van der Waals surface area contributed by atoms with Crippen LogP contribution in [0.5, 0.6) is 0 Å². The molecule has 0 saturated carbocycles. The van der Waals surface area contributed by atoms with E-state index in [2.05, 4.69) is 18.8 Å². The lowest BCUT2D eigenvalue weighted by Gasteiger charge is -1.86. The van der Waals surface area contributed by atoms with Gasteiger partial charge in [0.2, 0.25) is 0 Å². The van der Waals surface area contributed by atoms with Crippen LogP contribution in [-0.2, 0) is 0 Å². The monoisotopic (exact) mass is 192 g/mol. The van der Waals surface area contributed by atoms with Crippen LogP contribution in [0.2, 0.25) is 0 Å². The Bertz CT molecular complexity index is 295. The predicted octanol–water partition coefficient (Wildman–Crippen LogP) is 3.78. The van der Waals surface area contributed by atoms with Gasteiger partial charge in [-0.1, -0.05) is 40.2 Å². The van der Waals surface area contributed by atoms with Gasteiger partial charge in [0.05, 0.1) is 0 Å². The van der Waals surface area contributed by atoms with Crippen molar-refractivity contribution in [3.8, 4) is 0 Å². The Morgan fingerprint density at radius 1 is 1.14 bits per heavy atom. The second kappa shape index (κ2) is 8.30. The second-order valence-electron chi connectivity index (χ2n) is 2.60. The maximum atomic E-state index is 4.08. The summed E-state index contributed by atoms with van der Waals surface area (Å²) in [4.78, 5) is 4.08. The van der Waals surface area contributed by atoms with Crippen LogP contribution in [0, 0.1) is 0 Å². The summed E-state index contributed by atoms with van der Waals surface area (Å²) in [6, 6.07) is 5.93. The van der Waals surface area contributed by atoms with Gasteiger partial charge in [0.25, 0.3) is 0 Å². The fourth-order valence-corrected chi connectivity index (χ4v) is 0.864. The molecule has 2 heteroatoms. The van der Waals surface area contributed by atoms with Crippen molar-refractivity contribution in [3.63, 3.8) is 0 Å². The molecule has 2 aromatic heterocycles. The predicted molar refractivity (Wildman–Crippen MR) is 62.5 cm³/mol. The highest BCUT2D eigenvalue weighted by Crippen LogP contribution is 1.96. The number of pyridine rings is 1. The van der Waals surface area contributed by atoms with E-state index in [1.807, 2.05) is 48.8 Å². The van der Waals surface area contributed by atoms with Crippen LogP contribution in [-0.4, -0.2) is 9.38 Å². The van der Waals surface area contributed by atoms with Crippen LogP contribution in [0.3, 0.4) is 0 Å². The maximum absolute atomic E-state index is 4.08. The van der Waals surface area contributed by atoms with E-state index in [9.17, 15) is 0 Å². The number of hydrogen-bond acceptors (Lipinski definition) is 1.